The highest BCUT2D eigenvalue weighted by Crippen LogP contribution is 2.20. The number of hydrogen-bond donors (Lipinski definition) is 4. The molecule has 11 heteroatoms. The Hall–Kier alpha value is -3.63. The normalized spacial score (nSPS) is 12.1. The summed E-state index contributed by atoms with van der Waals surface area (Å²) in [5.41, 5.74) is 14.8. The van der Waals surface area contributed by atoms with Crippen LogP contribution in [0.25, 0.3) is 0 Å². The van der Waals surface area contributed by atoms with E-state index in [-0.39, 0.29) is 11.5 Å². The summed E-state index contributed by atoms with van der Waals surface area (Å²) in [6.45, 7) is -1.26. The van der Waals surface area contributed by atoms with Gasteiger partial charge in [-0.2, -0.15) is 25.3 Å². The largest absolute Gasteiger partial charge is 0.525 e. The second kappa shape index (κ2) is 14.8. The number of thiol groups is 2. The summed E-state index contributed by atoms with van der Waals surface area (Å²) >= 11 is 8.21. The second-order valence-electron chi connectivity index (χ2n) is 9.27. The van der Waals surface area contributed by atoms with E-state index in [2.05, 4.69) is 25.3 Å². The molecule has 41 heavy (non-hydrogen) atoms. The highest BCUT2D eigenvalue weighted by molar-refractivity contribution is 7.80. The van der Waals surface area contributed by atoms with Crippen LogP contribution in [-0.4, -0.2) is 49.4 Å². The first-order chi connectivity index (χ1) is 19.9. The van der Waals surface area contributed by atoms with E-state index in [1.54, 1.807) is 24.3 Å². The van der Waals surface area contributed by atoms with Crippen molar-refractivity contribution in [3.8, 4) is 11.5 Å². The van der Waals surface area contributed by atoms with E-state index >= 15 is 0 Å². The van der Waals surface area contributed by atoms with E-state index in [1.807, 2.05) is 84.9 Å². The molecule has 0 aliphatic heterocycles. The van der Waals surface area contributed by atoms with E-state index in [0.29, 0.717) is 11.5 Å². The summed E-state index contributed by atoms with van der Waals surface area (Å²) in [5, 5.41) is 0. The van der Waals surface area contributed by atoms with Crippen LogP contribution in [0.5, 0.6) is 11.5 Å². The van der Waals surface area contributed by atoms with E-state index < -0.39 is 37.9 Å². The third-order valence-electron chi connectivity index (χ3n) is 6.27. The topological polar surface area (TPSA) is 114 Å². The molecule has 0 fully saturated rings. The predicted octanol–water partition coefficient (Wildman–Crippen LogP) is 1.29. The Morgan fingerprint density at radius 2 is 0.878 bits per heavy atom. The molecule has 0 radical (unpaired) electrons. The van der Waals surface area contributed by atoms with Gasteiger partial charge in [0.05, 0.1) is 0 Å². The van der Waals surface area contributed by atoms with Crippen LogP contribution in [0, 0.1) is 0 Å². The fraction of sp³-hybridized carbons (Fsp3) is 0.133. The van der Waals surface area contributed by atoms with Crippen molar-refractivity contribution < 1.29 is 23.6 Å². The SMILES string of the molecule is NC(CS)C(=O)OB(c1ccccc1)c1ccc(Oc2ccc(B(OC(=O)C(N)CS)c3ccccc3)cc2)cc1. The van der Waals surface area contributed by atoms with Gasteiger partial charge in [0, 0.05) is 11.5 Å². The molecule has 0 saturated carbocycles. The highest BCUT2D eigenvalue weighted by Gasteiger charge is 2.29. The molecule has 0 saturated heterocycles. The summed E-state index contributed by atoms with van der Waals surface area (Å²) in [6.07, 6.45) is 0. The van der Waals surface area contributed by atoms with Crippen molar-refractivity contribution in [2.75, 3.05) is 11.5 Å². The molecule has 0 bridgehead atoms. The minimum absolute atomic E-state index is 0.184. The summed E-state index contributed by atoms with van der Waals surface area (Å²) < 4.78 is 17.6. The van der Waals surface area contributed by atoms with Crippen LogP contribution in [0.3, 0.4) is 0 Å². The molecule has 0 aliphatic rings. The average Bonchev–Trinajstić information content (AvgIpc) is 3.03. The van der Waals surface area contributed by atoms with E-state index in [1.165, 1.54) is 0 Å². The molecular formula is C30H30B2N2O5S2. The first kappa shape index (κ1) is 30.3. The number of rotatable bonds is 12. The third-order valence-corrected chi connectivity index (χ3v) is 7.06. The molecule has 0 spiro atoms. The molecule has 4 rings (SSSR count). The Balaban J connectivity index is 1.50. The lowest BCUT2D eigenvalue weighted by Gasteiger charge is -2.18. The Kier molecular flexibility index (Phi) is 11.0. The van der Waals surface area contributed by atoms with Crippen molar-refractivity contribution in [1.82, 2.24) is 0 Å². The van der Waals surface area contributed by atoms with Crippen LogP contribution in [0.4, 0.5) is 0 Å². The minimum Gasteiger partial charge on any atom is -0.525 e. The summed E-state index contributed by atoms with van der Waals surface area (Å²) in [4.78, 5) is 24.9. The summed E-state index contributed by atoms with van der Waals surface area (Å²) in [5.74, 6) is 0.505. The number of carbonyl (C=O) groups excluding carboxylic acids is 2. The lowest BCUT2D eigenvalue weighted by molar-refractivity contribution is -0.136. The van der Waals surface area contributed by atoms with Gasteiger partial charge in [0.1, 0.15) is 23.6 Å². The van der Waals surface area contributed by atoms with Gasteiger partial charge < -0.3 is 25.5 Å². The maximum atomic E-state index is 12.5. The molecule has 0 aromatic heterocycles. The smallest absolute Gasteiger partial charge is 0.429 e. The van der Waals surface area contributed by atoms with Crippen molar-refractivity contribution in [3.63, 3.8) is 0 Å². The molecule has 0 amide bonds. The molecule has 208 valence electrons. The van der Waals surface area contributed by atoms with Crippen molar-refractivity contribution in [1.29, 1.82) is 0 Å². The Morgan fingerprint density at radius 1 is 0.561 bits per heavy atom. The Labute approximate surface area is 251 Å². The van der Waals surface area contributed by atoms with Crippen molar-refractivity contribution in [2.45, 2.75) is 12.1 Å². The maximum Gasteiger partial charge on any atom is 0.429 e. The quantitative estimate of drug-likeness (QED) is 0.147. The van der Waals surface area contributed by atoms with Crippen LogP contribution in [0.1, 0.15) is 0 Å². The Bertz CT molecular complexity index is 1310. The maximum absolute atomic E-state index is 12.5. The van der Waals surface area contributed by atoms with Gasteiger partial charge in [0.15, 0.2) is 0 Å². The molecule has 4 aromatic carbocycles. The number of ether oxygens (including phenoxy) is 1. The first-order valence-corrected chi connectivity index (χ1v) is 14.3. The van der Waals surface area contributed by atoms with Crippen LogP contribution < -0.4 is 38.1 Å². The summed E-state index contributed by atoms with van der Waals surface area (Å²) in [7, 11) is 0. The van der Waals surface area contributed by atoms with E-state index in [9.17, 15) is 9.59 Å². The minimum atomic E-state index is -0.820. The van der Waals surface area contributed by atoms with E-state index in [4.69, 9.17) is 25.5 Å². The lowest BCUT2D eigenvalue weighted by atomic mass is 9.55. The third kappa shape index (κ3) is 8.20. The predicted molar refractivity (Wildman–Crippen MR) is 172 cm³/mol. The number of nitrogens with two attached hydrogens (primary N) is 2. The number of benzene rings is 4. The van der Waals surface area contributed by atoms with Crippen LogP contribution in [-0.2, 0) is 18.9 Å². The van der Waals surface area contributed by atoms with Gasteiger partial charge in [-0.05, 0) is 46.1 Å². The summed E-state index contributed by atoms with van der Waals surface area (Å²) in [6, 6.07) is 31.8. The van der Waals surface area contributed by atoms with E-state index in [0.717, 1.165) is 21.9 Å². The van der Waals surface area contributed by atoms with Crippen molar-refractivity contribution in [3.05, 3.63) is 109 Å². The van der Waals surface area contributed by atoms with Gasteiger partial charge in [0.2, 0.25) is 0 Å². The zero-order valence-electron chi connectivity index (χ0n) is 22.2. The molecule has 7 nitrogen and oxygen atoms in total. The van der Waals surface area contributed by atoms with Gasteiger partial charge >= 0.3 is 25.8 Å². The van der Waals surface area contributed by atoms with Gasteiger partial charge in [0.25, 0.3) is 0 Å². The average molecular weight is 584 g/mol. The fourth-order valence-corrected chi connectivity index (χ4v) is 4.32. The van der Waals surface area contributed by atoms with Crippen LogP contribution in [0.2, 0.25) is 0 Å². The molecule has 2 atom stereocenters. The highest BCUT2D eigenvalue weighted by atomic mass is 32.1. The second-order valence-corrected chi connectivity index (χ2v) is 10.0. The van der Waals surface area contributed by atoms with Crippen LogP contribution >= 0.6 is 25.3 Å². The molecule has 2 unspecified atom stereocenters. The standard InChI is InChI=1S/C30H30B2N2O5S2/c33-27(19-40)29(35)38-31(21-7-3-1-4-8-21)23-11-15-25(16-12-23)37-26-17-13-24(14-18-26)32(22-9-5-2-6-10-22)39-30(36)28(34)20-41/h1-18,27-28,40-41H,19-20,33-34H2. The molecule has 0 heterocycles. The van der Waals surface area contributed by atoms with Crippen LogP contribution in [0.15, 0.2) is 109 Å². The molecule has 4 aromatic rings. The Morgan fingerprint density at radius 3 is 1.20 bits per heavy atom. The van der Waals surface area contributed by atoms with Gasteiger partial charge in [-0.3, -0.25) is 9.59 Å². The van der Waals surface area contributed by atoms with Gasteiger partial charge in [-0.25, -0.2) is 0 Å². The van der Waals surface area contributed by atoms with Gasteiger partial charge in [-0.1, -0.05) is 84.9 Å². The number of carbonyl (C=O) groups is 2. The van der Waals surface area contributed by atoms with Gasteiger partial charge in [-0.15, -0.1) is 0 Å². The monoisotopic (exact) mass is 584 g/mol. The van der Waals surface area contributed by atoms with Crippen molar-refractivity contribution >= 4 is 72.9 Å². The zero-order valence-corrected chi connectivity index (χ0v) is 24.0. The number of hydrogen-bond acceptors (Lipinski definition) is 9. The molecule has 0 aliphatic carbocycles. The van der Waals surface area contributed by atoms with Crippen molar-refractivity contribution in [2.24, 2.45) is 11.5 Å². The zero-order chi connectivity index (χ0) is 29.2. The molecular weight excluding hydrogens is 554 g/mol. The lowest BCUT2D eigenvalue weighted by Crippen LogP contribution is -2.49. The fourth-order valence-electron chi connectivity index (χ4n) is 4.03. The first-order valence-electron chi connectivity index (χ1n) is 13.0. The molecule has 4 N–H and O–H groups in total.